The summed E-state index contributed by atoms with van der Waals surface area (Å²) in [5, 5.41) is 5.68. The molecule has 4 nitrogen and oxygen atoms in total. The van der Waals surface area contributed by atoms with Crippen molar-refractivity contribution in [1.82, 2.24) is 0 Å². The highest BCUT2D eigenvalue weighted by Gasteiger charge is 2.10. The van der Waals surface area contributed by atoms with E-state index >= 15 is 0 Å². The lowest BCUT2D eigenvalue weighted by Crippen LogP contribution is -1.96. The number of halogens is 4. The van der Waals surface area contributed by atoms with Crippen molar-refractivity contribution in [1.29, 1.82) is 0 Å². The number of nitrogens with zero attached hydrogens (tertiary/aromatic N) is 1. The number of methoxy groups -OCH3 is 2. The maximum Gasteiger partial charge on any atom is 0.179 e. The fourth-order valence-electron chi connectivity index (χ4n) is 1.83. The number of hydrogen-bond acceptors (Lipinski definition) is 4. The van der Waals surface area contributed by atoms with Gasteiger partial charge in [-0.3, -0.25) is 5.43 Å². The Morgan fingerprint density at radius 1 is 0.913 bits per heavy atom. The molecule has 0 aromatic heterocycles. The number of ether oxygens (including phenoxy) is 2. The van der Waals surface area contributed by atoms with E-state index < -0.39 is 0 Å². The minimum absolute atomic E-state index is 0.366. The van der Waals surface area contributed by atoms with Crippen molar-refractivity contribution in [3.8, 4) is 11.5 Å². The van der Waals surface area contributed by atoms with Gasteiger partial charge in [-0.15, -0.1) is 0 Å². The number of anilines is 1. The fourth-order valence-corrected chi connectivity index (χ4v) is 3.03. The van der Waals surface area contributed by atoms with Gasteiger partial charge in [-0.2, -0.15) is 5.10 Å². The van der Waals surface area contributed by atoms with Crippen LogP contribution in [0.15, 0.2) is 29.4 Å². The molecule has 23 heavy (non-hydrogen) atoms. The Labute approximate surface area is 153 Å². The molecule has 0 saturated heterocycles. The van der Waals surface area contributed by atoms with Crippen molar-refractivity contribution in [2.45, 2.75) is 0 Å². The maximum absolute atomic E-state index is 6.13. The van der Waals surface area contributed by atoms with Crippen LogP contribution in [0.5, 0.6) is 11.5 Å². The van der Waals surface area contributed by atoms with Gasteiger partial charge in [0.1, 0.15) is 0 Å². The molecule has 0 heterocycles. The van der Waals surface area contributed by atoms with E-state index in [1.54, 1.807) is 30.5 Å². The zero-order chi connectivity index (χ0) is 17.0. The summed E-state index contributed by atoms with van der Waals surface area (Å²) >= 11 is 24.1. The predicted molar refractivity (Wildman–Crippen MR) is 97.2 cm³/mol. The molecule has 1 N–H and O–H groups in total. The van der Waals surface area contributed by atoms with Crippen LogP contribution < -0.4 is 14.9 Å². The molecule has 122 valence electrons. The Bertz CT molecular complexity index is 727. The van der Waals surface area contributed by atoms with E-state index in [0.29, 0.717) is 42.8 Å². The van der Waals surface area contributed by atoms with Gasteiger partial charge in [0.15, 0.2) is 11.5 Å². The zero-order valence-corrected chi connectivity index (χ0v) is 15.2. The molecule has 0 radical (unpaired) electrons. The van der Waals surface area contributed by atoms with Crippen LogP contribution in [0.25, 0.3) is 0 Å². The van der Waals surface area contributed by atoms with Crippen LogP contribution in [0.1, 0.15) is 5.56 Å². The summed E-state index contributed by atoms with van der Waals surface area (Å²) < 4.78 is 10.4. The molecule has 8 heteroatoms. The SMILES string of the molecule is COc1cc(/C=N\Nc2c(Cl)cc(Cl)cc2Cl)cc(Cl)c1OC. The minimum atomic E-state index is 0.366. The summed E-state index contributed by atoms with van der Waals surface area (Å²) in [6, 6.07) is 6.57. The molecule has 2 aromatic carbocycles. The normalized spacial score (nSPS) is 10.9. The lowest BCUT2D eigenvalue weighted by molar-refractivity contribution is 0.355. The number of hydrazone groups is 1. The van der Waals surface area contributed by atoms with E-state index in [2.05, 4.69) is 10.5 Å². The Hall–Kier alpha value is -1.33. The van der Waals surface area contributed by atoms with Gasteiger partial charge in [0.2, 0.25) is 0 Å². The number of nitrogens with one attached hydrogen (secondary N) is 1. The zero-order valence-electron chi connectivity index (χ0n) is 12.2. The second-order valence-corrected chi connectivity index (χ2v) is 6.01. The molecule has 0 unspecified atom stereocenters. The summed E-state index contributed by atoms with van der Waals surface area (Å²) in [6.07, 6.45) is 1.55. The number of benzene rings is 2. The lowest BCUT2D eigenvalue weighted by Gasteiger charge is -2.10. The molecular weight excluding hydrogens is 382 g/mol. The molecular formula is C15H12Cl4N2O2. The van der Waals surface area contributed by atoms with Crippen LogP contribution in [-0.4, -0.2) is 20.4 Å². The van der Waals surface area contributed by atoms with Crippen molar-refractivity contribution in [2.75, 3.05) is 19.6 Å². The molecule has 0 aliphatic rings. The molecule has 0 aliphatic carbocycles. The summed E-state index contributed by atoms with van der Waals surface area (Å²) in [5.41, 5.74) is 3.94. The van der Waals surface area contributed by atoms with Crippen molar-refractivity contribution in [2.24, 2.45) is 5.10 Å². The van der Waals surface area contributed by atoms with Gasteiger partial charge in [-0.25, -0.2) is 0 Å². The van der Waals surface area contributed by atoms with Crippen LogP contribution in [-0.2, 0) is 0 Å². The van der Waals surface area contributed by atoms with Crippen LogP contribution >= 0.6 is 46.4 Å². The van der Waals surface area contributed by atoms with Gasteiger partial charge < -0.3 is 9.47 Å². The van der Waals surface area contributed by atoms with Crippen molar-refractivity contribution >= 4 is 58.3 Å². The quantitative estimate of drug-likeness (QED) is 0.518. The summed E-state index contributed by atoms with van der Waals surface area (Å²) in [5.74, 6) is 0.965. The predicted octanol–water partition coefficient (Wildman–Crippen LogP) is 5.76. The second-order valence-electron chi connectivity index (χ2n) is 4.35. The maximum atomic E-state index is 6.13. The van der Waals surface area contributed by atoms with E-state index in [1.165, 1.54) is 14.2 Å². The molecule has 0 fully saturated rings. The summed E-state index contributed by atoms with van der Waals surface area (Å²) in [6.45, 7) is 0. The van der Waals surface area contributed by atoms with E-state index in [1.807, 2.05) is 0 Å². The van der Waals surface area contributed by atoms with Gasteiger partial charge in [-0.05, 0) is 29.8 Å². The Kier molecular flexibility index (Phi) is 6.25. The lowest BCUT2D eigenvalue weighted by atomic mass is 10.2. The largest absolute Gasteiger partial charge is 0.493 e. The Morgan fingerprint density at radius 3 is 2.13 bits per heavy atom. The Morgan fingerprint density at radius 2 is 1.57 bits per heavy atom. The first kappa shape index (κ1) is 18.0. The van der Waals surface area contributed by atoms with Crippen LogP contribution in [0.3, 0.4) is 0 Å². The standard InChI is InChI=1S/C15H12Cl4N2O2/c1-22-13-4-8(3-12(19)15(13)23-2)7-20-21-14-10(17)5-9(16)6-11(14)18/h3-7,21H,1-2H3/b20-7-. The molecule has 0 aliphatic heterocycles. The number of hydrogen-bond donors (Lipinski definition) is 1. The molecule has 0 saturated carbocycles. The average Bonchev–Trinajstić information content (AvgIpc) is 2.49. The third-order valence-electron chi connectivity index (χ3n) is 2.85. The fraction of sp³-hybridized carbons (Fsp3) is 0.133. The van der Waals surface area contributed by atoms with Gasteiger partial charge in [-0.1, -0.05) is 46.4 Å². The second kappa shape index (κ2) is 7.97. The highest BCUT2D eigenvalue weighted by atomic mass is 35.5. The van der Waals surface area contributed by atoms with E-state index in [-0.39, 0.29) is 0 Å². The molecule has 0 bridgehead atoms. The summed E-state index contributed by atoms with van der Waals surface area (Å²) in [4.78, 5) is 0. The van der Waals surface area contributed by atoms with E-state index in [4.69, 9.17) is 55.9 Å². The van der Waals surface area contributed by atoms with Crippen molar-refractivity contribution in [3.63, 3.8) is 0 Å². The topological polar surface area (TPSA) is 42.8 Å². The Balaban J connectivity index is 2.23. The molecule has 0 amide bonds. The highest BCUT2D eigenvalue weighted by molar-refractivity contribution is 6.41. The smallest absolute Gasteiger partial charge is 0.179 e. The first-order valence-electron chi connectivity index (χ1n) is 6.31. The monoisotopic (exact) mass is 392 g/mol. The highest BCUT2D eigenvalue weighted by Crippen LogP contribution is 2.36. The van der Waals surface area contributed by atoms with Gasteiger partial charge in [0, 0.05) is 5.02 Å². The third-order valence-corrected chi connectivity index (χ3v) is 3.95. The minimum Gasteiger partial charge on any atom is -0.493 e. The molecule has 2 rings (SSSR count). The summed E-state index contributed by atoms with van der Waals surface area (Å²) in [7, 11) is 3.05. The third kappa shape index (κ3) is 4.36. The number of rotatable bonds is 5. The van der Waals surface area contributed by atoms with Gasteiger partial charge in [0.25, 0.3) is 0 Å². The van der Waals surface area contributed by atoms with Crippen LogP contribution in [0.2, 0.25) is 20.1 Å². The van der Waals surface area contributed by atoms with Crippen LogP contribution in [0, 0.1) is 0 Å². The molecule has 0 spiro atoms. The van der Waals surface area contributed by atoms with E-state index in [9.17, 15) is 0 Å². The average molecular weight is 394 g/mol. The van der Waals surface area contributed by atoms with Gasteiger partial charge in [0.05, 0.1) is 41.2 Å². The first-order valence-corrected chi connectivity index (χ1v) is 7.82. The van der Waals surface area contributed by atoms with Crippen LogP contribution in [0.4, 0.5) is 5.69 Å². The molecule has 2 aromatic rings. The van der Waals surface area contributed by atoms with Crippen molar-refractivity contribution in [3.05, 3.63) is 49.9 Å². The first-order chi connectivity index (χ1) is 11.0. The van der Waals surface area contributed by atoms with Crippen molar-refractivity contribution < 1.29 is 9.47 Å². The van der Waals surface area contributed by atoms with E-state index in [0.717, 1.165) is 0 Å². The van der Waals surface area contributed by atoms with Gasteiger partial charge >= 0.3 is 0 Å². The molecule has 0 atom stereocenters.